The molecule has 2 rings (SSSR count). The Morgan fingerprint density at radius 1 is 1.36 bits per heavy atom. The molecule has 2 amide bonds. The Kier molecular flexibility index (Phi) is 5.68. The van der Waals surface area contributed by atoms with Crippen molar-refractivity contribution in [3.8, 4) is 0 Å². The van der Waals surface area contributed by atoms with Crippen LogP contribution in [0.4, 0.5) is 4.79 Å². The van der Waals surface area contributed by atoms with Crippen LogP contribution in [0.25, 0.3) is 0 Å². The number of urea groups is 1. The fourth-order valence-corrected chi connectivity index (χ4v) is 3.13. The molecule has 118 valence electrons. The number of benzene rings is 1. The second kappa shape index (κ2) is 7.51. The summed E-state index contributed by atoms with van der Waals surface area (Å²) in [7, 11) is 0.765. The number of nitrogens with zero attached hydrogens (tertiary/aromatic N) is 2. The highest BCUT2D eigenvalue weighted by molar-refractivity contribution is 7.84. The predicted molar refractivity (Wildman–Crippen MR) is 89.3 cm³/mol. The average molecular weight is 337 g/mol. The van der Waals surface area contributed by atoms with Gasteiger partial charge in [-0.15, -0.1) is 11.3 Å². The number of rotatable bonds is 5. The zero-order valence-electron chi connectivity index (χ0n) is 12.8. The number of hydrogen-bond donors (Lipinski definition) is 1. The maximum Gasteiger partial charge on any atom is 0.317 e. The van der Waals surface area contributed by atoms with E-state index in [1.165, 1.54) is 11.3 Å². The highest BCUT2D eigenvalue weighted by atomic mass is 32.2. The standard InChI is InChI=1S/C15H19N3O2S2/c1-11-10-21-14(17-11)8-16-15(19)18(2)9-12-4-6-13(7-5-12)22(3)20/h4-7,10H,8-9H2,1-3H3,(H,16,19)/t22-/m0/s1. The lowest BCUT2D eigenvalue weighted by Gasteiger charge is -2.17. The van der Waals surface area contributed by atoms with Gasteiger partial charge in [-0.25, -0.2) is 9.78 Å². The molecule has 0 bridgehead atoms. The van der Waals surface area contributed by atoms with Crippen molar-refractivity contribution in [2.45, 2.75) is 24.9 Å². The van der Waals surface area contributed by atoms with Crippen molar-refractivity contribution in [1.29, 1.82) is 0 Å². The summed E-state index contributed by atoms with van der Waals surface area (Å²) >= 11 is 1.54. The molecular formula is C15H19N3O2S2. The lowest BCUT2D eigenvalue weighted by atomic mass is 10.2. The number of aromatic nitrogens is 1. The SMILES string of the molecule is Cc1csc(CNC(=O)N(C)Cc2ccc([S@](C)=O)cc2)n1. The van der Waals surface area contributed by atoms with Crippen LogP contribution in [0.3, 0.4) is 0 Å². The monoisotopic (exact) mass is 337 g/mol. The second-order valence-electron chi connectivity index (χ2n) is 5.00. The van der Waals surface area contributed by atoms with Crippen LogP contribution < -0.4 is 5.32 Å². The quantitative estimate of drug-likeness (QED) is 0.912. The van der Waals surface area contributed by atoms with Crippen molar-refractivity contribution in [2.75, 3.05) is 13.3 Å². The summed E-state index contributed by atoms with van der Waals surface area (Å²) in [4.78, 5) is 18.8. The smallest absolute Gasteiger partial charge is 0.317 e. The van der Waals surface area contributed by atoms with Gasteiger partial charge in [0.25, 0.3) is 0 Å². The average Bonchev–Trinajstić information content (AvgIpc) is 2.91. The maximum absolute atomic E-state index is 12.0. The van der Waals surface area contributed by atoms with Crippen molar-refractivity contribution in [1.82, 2.24) is 15.2 Å². The van der Waals surface area contributed by atoms with Gasteiger partial charge in [0.05, 0.1) is 6.54 Å². The van der Waals surface area contributed by atoms with E-state index in [0.717, 1.165) is 21.2 Å². The molecule has 0 saturated carbocycles. The van der Waals surface area contributed by atoms with Gasteiger partial charge in [-0.05, 0) is 24.6 Å². The van der Waals surface area contributed by atoms with E-state index >= 15 is 0 Å². The Morgan fingerprint density at radius 2 is 2.05 bits per heavy atom. The molecule has 2 aromatic rings. The number of carbonyl (C=O) groups is 1. The van der Waals surface area contributed by atoms with Gasteiger partial charge in [0.1, 0.15) is 5.01 Å². The van der Waals surface area contributed by atoms with Crippen LogP contribution in [0.2, 0.25) is 0 Å². The first-order chi connectivity index (χ1) is 10.5. The van der Waals surface area contributed by atoms with Gasteiger partial charge in [0.2, 0.25) is 0 Å². The Balaban J connectivity index is 1.86. The van der Waals surface area contributed by atoms with Crippen LogP contribution in [-0.4, -0.2) is 33.4 Å². The molecule has 1 aromatic heterocycles. The first-order valence-corrected chi connectivity index (χ1v) is 9.22. The predicted octanol–water partition coefficient (Wildman–Crippen LogP) is 2.53. The molecule has 1 aromatic carbocycles. The third-order valence-electron chi connectivity index (χ3n) is 3.08. The highest BCUT2D eigenvalue weighted by Crippen LogP contribution is 2.10. The Bertz CT molecular complexity index is 668. The summed E-state index contributed by atoms with van der Waals surface area (Å²) < 4.78 is 11.3. The van der Waals surface area contributed by atoms with Crippen LogP contribution >= 0.6 is 11.3 Å². The molecule has 0 saturated heterocycles. The summed E-state index contributed by atoms with van der Waals surface area (Å²) in [6.45, 7) is 2.87. The van der Waals surface area contributed by atoms with Gasteiger partial charge < -0.3 is 10.2 Å². The molecule has 1 N–H and O–H groups in total. The number of amides is 2. The number of aryl methyl sites for hydroxylation is 1. The number of thiazole rings is 1. The van der Waals surface area contributed by atoms with Crippen LogP contribution in [0.5, 0.6) is 0 Å². The second-order valence-corrected chi connectivity index (χ2v) is 7.32. The van der Waals surface area contributed by atoms with Crippen LogP contribution in [0, 0.1) is 6.92 Å². The normalized spacial score (nSPS) is 12.0. The fraction of sp³-hybridized carbons (Fsp3) is 0.333. The molecule has 0 spiro atoms. The molecule has 0 aliphatic rings. The Labute approximate surface area is 136 Å². The molecule has 0 fully saturated rings. The molecule has 1 heterocycles. The number of nitrogens with one attached hydrogen (secondary N) is 1. The first-order valence-electron chi connectivity index (χ1n) is 6.78. The van der Waals surface area contributed by atoms with Gasteiger partial charge in [0.15, 0.2) is 0 Å². The summed E-state index contributed by atoms with van der Waals surface area (Å²) in [5, 5.41) is 5.71. The number of carbonyl (C=O) groups excluding carboxylic acids is 1. The minimum atomic E-state index is -0.980. The van der Waals surface area contributed by atoms with Crippen LogP contribution in [0.15, 0.2) is 34.5 Å². The molecule has 0 aliphatic heterocycles. The molecule has 7 heteroatoms. The van der Waals surface area contributed by atoms with Crippen LogP contribution in [0.1, 0.15) is 16.3 Å². The largest absolute Gasteiger partial charge is 0.331 e. The van der Waals surface area contributed by atoms with Crippen molar-refractivity contribution >= 4 is 28.2 Å². The maximum atomic E-state index is 12.0. The van der Waals surface area contributed by atoms with Crippen LogP contribution in [-0.2, 0) is 23.9 Å². The van der Waals surface area contributed by atoms with Crippen molar-refractivity contribution < 1.29 is 9.00 Å². The van der Waals surface area contributed by atoms with Gasteiger partial charge >= 0.3 is 6.03 Å². The minimum Gasteiger partial charge on any atom is -0.331 e. The van der Waals surface area contributed by atoms with Crippen molar-refractivity contribution in [3.05, 3.63) is 45.9 Å². The zero-order chi connectivity index (χ0) is 16.1. The van der Waals surface area contributed by atoms with E-state index < -0.39 is 10.8 Å². The van der Waals surface area contributed by atoms with E-state index in [1.54, 1.807) is 18.2 Å². The zero-order valence-corrected chi connectivity index (χ0v) is 14.5. The molecule has 0 radical (unpaired) electrons. The van der Waals surface area contributed by atoms with E-state index in [4.69, 9.17) is 0 Å². The molecule has 1 atom stereocenters. The molecule has 5 nitrogen and oxygen atoms in total. The van der Waals surface area contributed by atoms with Gasteiger partial charge in [-0.3, -0.25) is 4.21 Å². The molecule has 0 aliphatic carbocycles. The highest BCUT2D eigenvalue weighted by Gasteiger charge is 2.10. The lowest BCUT2D eigenvalue weighted by Crippen LogP contribution is -2.36. The van der Waals surface area contributed by atoms with Crippen molar-refractivity contribution in [2.24, 2.45) is 0 Å². The third kappa shape index (κ3) is 4.64. The van der Waals surface area contributed by atoms with Gasteiger partial charge in [-0.1, -0.05) is 12.1 Å². The van der Waals surface area contributed by atoms with Gasteiger partial charge in [0, 0.05) is 46.6 Å². The summed E-state index contributed by atoms with van der Waals surface area (Å²) in [5.74, 6) is 0. The minimum absolute atomic E-state index is 0.143. The van der Waals surface area contributed by atoms with Crippen molar-refractivity contribution in [3.63, 3.8) is 0 Å². The Hall–Kier alpha value is -1.73. The Morgan fingerprint density at radius 3 is 2.59 bits per heavy atom. The third-order valence-corrected chi connectivity index (χ3v) is 4.98. The molecule has 0 unspecified atom stereocenters. The van der Waals surface area contributed by atoms with E-state index in [9.17, 15) is 9.00 Å². The number of hydrogen-bond acceptors (Lipinski definition) is 4. The van der Waals surface area contributed by atoms with E-state index in [0.29, 0.717) is 13.1 Å². The van der Waals surface area contributed by atoms with Gasteiger partial charge in [-0.2, -0.15) is 0 Å². The first kappa shape index (κ1) is 16.6. The topological polar surface area (TPSA) is 62.3 Å². The summed E-state index contributed by atoms with van der Waals surface area (Å²) in [6.07, 6.45) is 1.65. The molecular weight excluding hydrogens is 318 g/mol. The van der Waals surface area contributed by atoms with E-state index in [-0.39, 0.29) is 6.03 Å². The fourth-order valence-electron chi connectivity index (χ4n) is 1.90. The molecule has 22 heavy (non-hydrogen) atoms. The van der Waals surface area contributed by atoms with E-state index in [2.05, 4.69) is 10.3 Å². The summed E-state index contributed by atoms with van der Waals surface area (Å²) in [5.41, 5.74) is 1.97. The summed E-state index contributed by atoms with van der Waals surface area (Å²) in [6, 6.07) is 7.30. The van der Waals surface area contributed by atoms with E-state index in [1.807, 2.05) is 36.6 Å². The lowest BCUT2D eigenvalue weighted by molar-refractivity contribution is 0.206.